The van der Waals surface area contributed by atoms with Crippen molar-refractivity contribution in [2.24, 2.45) is 5.92 Å². The zero-order valence-electron chi connectivity index (χ0n) is 12.3. The van der Waals surface area contributed by atoms with E-state index in [1.807, 2.05) is 13.8 Å². The fourth-order valence-corrected chi connectivity index (χ4v) is 3.18. The molecule has 6 nitrogen and oxygen atoms in total. The van der Waals surface area contributed by atoms with Gasteiger partial charge in [-0.25, -0.2) is 17.9 Å². The van der Waals surface area contributed by atoms with Crippen molar-refractivity contribution in [1.29, 1.82) is 0 Å². The summed E-state index contributed by atoms with van der Waals surface area (Å²) in [6.07, 6.45) is 5.60. The van der Waals surface area contributed by atoms with Crippen molar-refractivity contribution in [2.45, 2.75) is 38.1 Å². The first-order valence-electron chi connectivity index (χ1n) is 6.59. The molecule has 0 radical (unpaired) electrons. The first-order valence-corrected chi connectivity index (χ1v) is 8.07. The van der Waals surface area contributed by atoms with Crippen molar-refractivity contribution in [1.82, 2.24) is 9.71 Å². The van der Waals surface area contributed by atoms with Gasteiger partial charge in [-0.05, 0) is 37.0 Å². The third kappa shape index (κ3) is 6.05. The van der Waals surface area contributed by atoms with Gasteiger partial charge in [0.25, 0.3) is 0 Å². The Morgan fingerprint density at radius 1 is 1.38 bits per heavy atom. The Morgan fingerprint density at radius 3 is 2.62 bits per heavy atom. The number of sulfonamides is 1. The molecule has 0 aliphatic heterocycles. The fourth-order valence-electron chi connectivity index (χ4n) is 1.93. The van der Waals surface area contributed by atoms with Gasteiger partial charge >= 0.3 is 5.97 Å². The van der Waals surface area contributed by atoms with Gasteiger partial charge in [-0.3, -0.25) is 4.98 Å². The molecule has 0 aliphatic carbocycles. The van der Waals surface area contributed by atoms with Crippen LogP contribution in [0.4, 0.5) is 0 Å². The summed E-state index contributed by atoms with van der Waals surface area (Å²) in [6.45, 7) is 5.84. The van der Waals surface area contributed by atoms with E-state index in [9.17, 15) is 13.2 Å². The summed E-state index contributed by atoms with van der Waals surface area (Å²) < 4.78 is 27.0. The molecule has 0 bridgehead atoms. The fraction of sp³-hybridized carbons (Fsp3) is 0.429. The molecule has 0 fully saturated rings. The maximum atomic E-state index is 12.2. The molecule has 1 heterocycles. The van der Waals surface area contributed by atoms with Crippen LogP contribution in [0.5, 0.6) is 0 Å². The van der Waals surface area contributed by atoms with E-state index in [0.29, 0.717) is 11.5 Å². The van der Waals surface area contributed by atoms with Crippen LogP contribution in [0, 0.1) is 5.92 Å². The topological polar surface area (TPSA) is 96.4 Å². The molecule has 1 atom stereocenters. The minimum atomic E-state index is -3.66. The number of carbonyl (C=O) groups is 1. The molecule has 0 saturated carbocycles. The second kappa shape index (κ2) is 7.33. The summed E-state index contributed by atoms with van der Waals surface area (Å²) in [6, 6.07) is 1.20. The van der Waals surface area contributed by atoms with Crippen LogP contribution in [0.25, 0.3) is 6.08 Å². The van der Waals surface area contributed by atoms with Crippen LogP contribution in [0.15, 0.2) is 29.4 Å². The van der Waals surface area contributed by atoms with E-state index in [-0.39, 0.29) is 10.9 Å². The van der Waals surface area contributed by atoms with Crippen molar-refractivity contribution in [3.05, 3.63) is 30.1 Å². The van der Waals surface area contributed by atoms with Gasteiger partial charge in [0.1, 0.15) is 4.90 Å². The molecule has 7 heteroatoms. The Morgan fingerprint density at radius 2 is 2.05 bits per heavy atom. The van der Waals surface area contributed by atoms with Crippen molar-refractivity contribution in [2.75, 3.05) is 0 Å². The number of hydrogen-bond acceptors (Lipinski definition) is 4. The maximum Gasteiger partial charge on any atom is 0.328 e. The average molecular weight is 312 g/mol. The third-order valence-corrected chi connectivity index (χ3v) is 4.20. The van der Waals surface area contributed by atoms with E-state index in [1.165, 1.54) is 24.5 Å². The molecule has 116 valence electrons. The summed E-state index contributed by atoms with van der Waals surface area (Å²) in [5.41, 5.74) is 0.414. The van der Waals surface area contributed by atoms with Gasteiger partial charge in [0.15, 0.2) is 0 Å². The lowest BCUT2D eigenvalue weighted by molar-refractivity contribution is -0.131. The van der Waals surface area contributed by atoms with E-state index >= 15 is 0 Å². The summed E-state index contributed by atoms with van der Waals surface area (Å²) in [5.74, 6) is -0.724. The summed E-state index contributed by atoms with van der Waals surface area (Å²) in [7, 11) is -3.66. The highest BCUT2D eigenvalue weighted by molar-refractivity contribution is 7.89. The smallest absolute Gasteiger partial charge is 0.328 e. The molecule has 1 aromatic rings. The molecular weight excluding hydrogens is 292 g/mol. The van der Waals surface area contributed by atoms with Gasteiger partial charge in [0.05, 0.1) is 0 Å². The number of aromatic nitrogens is 1. The zero-order valence-corrected chi connectivity index (χ0v) is 13.1. The number of aliphatic carboxylic acids is 1. The van der Waals surface area contributed by atoms with E-state index in [2.05, 4.69) is 9.71 Å². The Bertz CT molecular complexity index is 624. The number of nitrogens with one attached hydrogen (secondary N) is 1. The van der Waals surface area contributed by atoms with Crippen LogP contribution in [-0.4, -0.2) is 30.5 Å². The predicted octanol–water partition coefficient (Wildman–Crippen LogP) is 1.89. The summed E-state index contributed by atoms with van der Waals surface area (Å²) in [4.78, 5) is 14.3. The van der Waals surface area contributed by atoms with E-state index in [0.717, 1.165) is 12.5 Å². The quantitative estimate of drug-likeness (QED) is 0.749. The van der Waals surface area contributed by atoms with Crippen molar-refractivity contribution < 1.29 is 18.3 Å². The number of carboxylic acids is 1. The Kier molecular flexibility index (Phi) is 6.04. The van der Waals surface area contributed by atoms with E-state index < -0.39 is 16.0 Å². The highest BCUT2D eigenvalue weighted by Gasteiger charge is 2.18. The summed E-state index contributed by atoms with van der Waals surface area (Å²) in [5, 5.41) is 8.57. The molecular formula is C14H20N2O4S. The van der Waals surface area contributed by atoms with Crippen LogP contribution in [-0.2, 0) is 14.8 Å². The Labute approximate surface area is 125 Å². The molecule has 2 N–H and O–H groups in total. The van der Waals surface area contributed by atoms with Crippen LogP contribution in [0.1, 0.15) is 32.8 Å². The van der Waals surface area contributed by atoms with Gasteiger partial charge in [0.2, 0.25) is 10.0 Å². The normalized spacial score (nSPS) is 13.7. The lowest BCUT2D eigenvalue weighted by Crippen LogP contribution is -2.33. The van der Waals surface area contributed by atoms with Crippen molar-refractivity contribution >= 4 is 22.1 Å². The molecule has 0 saturated heterocycles. The lowest BCUT2D eigenvalue weighted by atomic mass is 10.1. The predicted molar refractivity (Wildman–Crippen MR) is 80.1 cm³/mol. The highest BCUT2D eigenvalue weighted by Crippen LogP contribution is 2.13. The number of carboxylic acid groups (broad SMARTS) is 1. The number of nitrogens with zero attached hydrogens (tertiary/aromatic N) is 1. The van der Waals surface area contributed by atoms with Gasteiger partial charge in [-0.2, -0.15) is 0 Å². The molecule has 0 aliphatic rings. The van der Waals surface area contributed by atoms with Crippen LogP contribution in [0.3, 0.4) is 0 Å². The number of rotatable bonds is 7. The first kappa shape index (κ1) is 17.3. The number of pyridine rings is 1. The monoisotopic (exact) mass is 312 g/mol. The lowest BCUT2D eigenvalue weighted by Gasteiger charge is -2.16. The van der Waals surface area contributed by atoms with Gasteiger partial charge < -0.3 is 5.11 Å². The molecule has 0 amide bonds. The maximum absolute atomic E-state index is 12.2. The van der Waals surface area contributed by atoms with E-state index in [4.69, 9.17) is 5.11 Å². The molecule has 0 aromatic carbocycles. The highest BCUT2D eigenvalue weighted by atomic mass is 32.2. The van der Waals surface area contributed by atoms with E-state index in [1.54, 1.807) is 6.92 Å². The second-order valence-corrected chi connectivity index (χ2v) is 6.99. The first-order chi connectivity index (χ1) is 9.70. The van der Waals surface area contributed by atoms with Crippen LogP contribution < -0.4 is 4.72 Å². The third-order valence-electron chi connectivity index (χ3n) is 2.64. The van der Waals surface area contributed by atoms with Crippen LogP contribution in [0.2, 0.25) is 0 Å². The zero-order chi connectivity index (χ0) is 16.0. The standard InChI is InChI=1S/C14H20N2O4S/c1-10(2)6-11(3)16-21(19,20)13-7-12(8-15-9-13)4-5-14(17)18/h4-5,7-11,16H,6H2,1-3H3,(H,17,18). The molecule has 1 aromatic heterocycles. The SMILES string of the molecule is CC(C)CC(C)NS(=O)(=O)c1cncc(C=CC(=O)O)c1. The molecule has 0 spiro atoms. The van der Waals surface area contributed by atoms with Gasteiger partial charge in [-0.1, -0.05) is 13.8 Å². The largest absolute Gasteiger partial charge is 0.478 e. The molecule has 1 rings (SSSR count). The second-order valence-electron chi connectivity index (χ2n) is 5.28. The van der Waals surface area contributed by atoms with Gasteiger partial charge in [0, 0.05) is 24.5 Å². The Hall–Kier alpha value is -1.73. The summed E-state index contributed by atoms with van der Waals surface area (Å²) >= 11 is 0. The number of hydrogen-bond donors (Lipinski definition) is 2. The molecule has 21 heavy (non-hydrogen) atoms. The van der Waals surface area contributed by atoms with Crippen molar-refractivity contribution in [3.63, 3.8) is 0 Å². The Balaban J connectivity index is 2.93. The van der Waals surface area contributed by atoms with Gasteiger partial charge in [-0.15, -0.1) is 0 Å². The minimum absolute atomic E-state index is 0.0191. The minimum Gasteiger partial charge on any atom is -0.478 e. The van der Waals surface area contributed by atoms with Crippen LogP contribution >= 0.6 is 0 Å². The average Bonchev–Trinajstić information content (AvgIpc) is 2.35. The molecule has 1 unspecified atom stereocenters. The van der Waals surface area contributed by atoms with Crippen molar-refractivity contribution in [3.8, 4) is 0 Å².